The van der Waals surface area contributed by atoms with Crippen molar-refractivity contribution in [2.24, 2.45) is 0 Å². The minimum atomic E-state index is -3.37. The van der Waals surface area contributed by atoms with Crippen molar-refractivity contribution in [3.8, 4) is 0 Å². The molecule has 2 amide bonds. The van der Waals surface area contributed by atoms with Gasteiger partial charge in [0.1, 0.15) is 5.82 Å². The van der Waals surface area contributed by atoms with E-state index in [1.807, 2.05) is 0 Å². The first-order valence-corrected chi connectivity index (χ1v) is 10.5. The van der Waals surface area contributed by atoms with Crippen molar-refractivity contribution >= 4 is 27.5 Å². The molecule has 0 spiro atoms. The van der Waals surface area contributed by atoms with E-state index in [1.54, 1.807) is 21.9 Å². The van der Waals surface area contributed by atoms with Crippen molar-refractivity contribution < 1.29 is 22.4 Å². The summed E-state index contributed by atoms with van der Waals surface area (Å²) in [4.78, 5) is 28.4. The highest BCUT2D eigenvalue weighted by molar-refractivity contribution is 7.92. The highest BCUT2D eigenvalue weighted by Gasteiger charge is 2.25. The zero-order chi connectivity index (χ0) is 20.3. The summed E-state index contributed by atoms with van der Waals surface area (Å²) in [6.07, 6.45) is 1.05. The van der Waals surface area contributed by atoms with E-state index < -0.39 is 15.8 Å². The summed E-state index contributed by atoms with van der Waals surface area (Å²) in [5, 5.41) is 0. The number of anilines is 1. The number of rotatable bonds is 4. The Bertz CT molecular complexity index is 967. The van der Waals surface area contributed by atoms with Gasteiger partial charge in [0.15, 0.2) is 0 Å². The molecule has 3 rings (SSSR count). The van der Waals surface area contributed by atoms with Crippen LogP contribution >= 0.6 is 0 Å². The summed E-state index contributed by atoms with van der Waals surface area (Å²) >= 11 is 0. The average Bonchev–Trinajstić information content (AvgIpc) is 2.67. The fourth-order valence-corrected chi connectivity index (χ4v) is 3.53. The predicted octanol–water partition coefficient (Wildman–Crippen LogP) is 1.80. The largest absolute Gasteiger partial charge is 0.335 e. The van der Waals surface area contributed by atoms with Crippen LogP contribution in [0.15, 0.2) is 48.5 Å². The van der Waals surface area contributed by atoms with Crippen molar-refractivity contribution in [1.29, 1.82) is 0 Å². The third-order valence-electron chi connectivity index (χ3n) is 4.38. The molecule has 0 radical (unpaired) electrons. The number of halogens is 1. The molecule has 2 aromatic rings. The molecular formula is C19H20FN3O4S. The Morgan fingerprint density at radius 1 is 0.821 bits per heavy atom. The fourth-order valence-electron chi connectivity index (χ4n) is 2.97. The van der Waals surface area contributed by atoms with Crippen LogP contribution in [0.5, 0.6) is 0 Å². The zero-order valence-corrected chi connectivity index (χ0v) is 16.1. The second kappa shape index (κ2) is 7.97. The van der Waals surface area contributed by atoms with E-state index in [1.165, 1.54) is 36.4 Å². The molecule has 0 atom stereocenters. The van der Waals surface area contributed by atoms with Gasteiger partial charge in [-0.3, -0.25) is 14.3 Å². The van der Waals surface area contributed by atoms with Gasteiger partial charge in [-0.05, 0) is 48.5 Å². The number of benzene rings is 2. The SMILES string of the molecule is CS(=O)(=O)Nc1ccc(C(=O)N2CCN(C(=O)c3ccc(F)cc3)CC2)cc1. The number of nitrogens with one attached hydrogen (secondary N) is 1. The maximum atomic E-state index is 13.0. The lowest BCUT2D eigenvalue weighted by atomic mass is 10.1. The van der Waals surface area contributed by atoms with Crippen LogP contribution in [-0.4, -0.2) is 62.5 Å². The molecular weight excluding hydrogens is 385 g/mol. The number of carbonyl (C=O) groups excluding carboxylic acids is 2. The Hall–Kier alpha value is -2.94. The Kier molecular flexibility index (Phi) is 5.64. The zero-order valence-electron chi connectivity index (χ0n) is 15.3. The Morgan fingerprint density at radius 2 is 1.21 bits per heavy atom. The molecule has 0 saturated carbocycles. The molecule has 1 saturated heterocycles. The molecule has 1 heterocycles. The quantitative estimate of drug-likeness (QED) is 0.840. The summed E-state index contributed by atoms with van der Waals surface area (Å²) in [5.74, 6) is -0.771. The molecule has 1 N–H and O–H groups in total. The van der Waals surface area contributed by atoms with Crippen LogP contribution in [0.1, 0.15) is 20.7 Å². The molecule has 0 aliphatic carbocycles. The van der Waals surface area contributed by atoms with Crippen LogP contribution in [0.25, 0.3) is 0 Å². The summed E-state index contributed by atoms with van der Waals surface area (Å²) in [6, 6.07) is 11.6. The lowest BCUT2D eigenvalue weighted by Crippen LogP contribution is -2.50. The number of carbonyl (C=O) groups is 2. The molecule has 2 aromatic carbocycles. The molecule has 28 heavy (non-hydrogen) atoms. The second-order valence-electron chi connectivity index (χ2n) is 6.54. The molecule has 1 fully saturated rings. The number of hydrogen-bond donors (Lipinski definition) is 1. The van der Waals surface area contributed by atoms with Crippen LogP contribution in [0.3, 0.4) is 0 Å². The summed E-state index contributed by atoms with van der Waals surface area (Å²) in [6.45, 7) is 1.54. The number of nitrogens with zero attached hydrogens (tertiary/aromatic N) is 2. The Labute approximate surface area is 162 Å². The molecule has 0 aromatic heterocycles. The normalized spacial score (nSPS) is 14.6. The lowest BCUT2D eigenvalue weighted by molar-refractivity contribution is 0.0535. The van der Waals surface area contributed by atoms with Gasteiger partial charge in [0.25, 0.3) is 11.8 Å². The van der Waals surface area contributed by atoms with E-state index in [9.17, 15) is 22.4 Å². The maximum absolute atomic E-state index is 13.0. The maximum Gasteiger partial charge on any atom is 0.253 e. The standard InChI is InChI=1S/C19H20FN3O4S/c1-28(26,27)21-17-8-4-15(5-9-17)19(25)23-12-10-22(11-13-23)18(24)14-2-6-16(20)7-3-14/h2-9,21H,10-13H2,1H3. The minimum Gasteiger partial charge on any atom is -0.335 e. The second-order valence-corrected chi connectivity index (χ2v) is 8.29. The molecule has 0 bridgehead atoms. The number of amides is 2. The van der Waals surface area contributed by atoms with E-state index in [0.29, 0.717) is 43.0 Å². The smallest absolute Gasteiger partial charge is 0.253 e. The number of sulfonamides is 1. The van der Waals surface area contributed by atoms with E-state index in [2.05, 4.69) is 4.72 Å². The number of hydrogen-bond acceptors (Lipinski definition) is 4. The fraction of sp³-hybridized carbons (Fsp3) is 0.263. The summed E-state index contributed by atoms with van der Waals surface area (Å²) in [7, 11) is -3.37. The summed E-state index contributed by atoms with van der Waals surface area (Å²) < 4.78 is 37.8. The van der Waals surface area contributed by atoms with Gasteiger partial charge in [0, 0.05) is 43.0 Å². The van der Waals surface area contributed by atoms with Crippen molar-refractivity contribution in [2.75, 3.05) is 37.2 Å². The number of piperazine rings is 1. The first-order valence-electron chi connectivity index (χ1n) is 8.65. The molecule has 148 valence electrons. The monoisotopic (exact) mass is 405 g/mol. The van der Waals surface area contributed by atoms with E-state index in [0.717, 1.165) is 6.26 Å². The molecule has 1 aliphatic rings. The van der Waals surface area contributed by atoms with Crippen LogP contribution in [0.2, 0.25) is 0 Å². The van der Waals surface area contributed by atoms with Crippen molar-refractivity contribution in [3.05, 3.63) is 65.5 Å². The van der Waals surface area contributed by atoms with Gasteiger partial charge in [-0.2, -0.15) is 0 Å². The predicted molar refractivity (Wildman–Crippen MR) is 103 cm³/mol. The van der Waals surface area contributed by atoms with E-state index >= 15 is 0 Å². The van der Waals surface area contributed by atoms with Gasteiger partial charge in [0.2, 0.25) is 10.0 Å². The van der Waals surface area contributed by atoms with Gasteiger partial charge < -0.3 is 9.80 Å². The first-order chi connectivity index (χ1) is 13.2. The van der Waals surface area contributed by atoms with Gasteiger partial charge >= 0.3 is 0 Å². The highest BCUT2D eigenvalue weighted by atomic mass is 32.2. The highest BCUT2D eigenvalue weighted by Crippen LogP contribution is 2.15. The van der Waals surface area contributed by atoms with Crippen molar-refractivity contribution in [2.45, 2.75) is 0 Å². The Balaban J connectivity index is 1.59. The van der Waals surface area contributed by atoms with Crippen LogP contribution in [0, 0.1) is 5.82 Å². The van der Waals surface area contributed by atoms with Crippen LogP contribution in [0.4, 0.5) is 10.1 Å². The summed E-state index contributed by atoms with van der Waals surface area (Å²) in [5.41, 5.74) is 1.24. The van der Waals surface area contributed by atoms with Gasteiger partial charge in [0.05, 0.1) is 6.26 Å². The molecule has 7 nitrogen and oxygen atoms in total. The van der Waals surface area contributed by atoms with E-state index in [4.69, 9.17) is 0 Å². The average molecular weight is 405 g/mol. The molecule has 0 unspecified atom stereocenters. The molecule has 9 heteroatoms. The van der Waals surface area contributed by atoms with Crippen LogP contribution < -0.4 is 4.72 Å². The third-order valence-corrected chi connectivity index (χ3v) is 4.99. The lowest BCUT2D eigenvalue weighted by Gasteiger charge is -2.35. The van der Waals surface area contributed by atoms with Gasteiger partial charge in [-0.25, -0.2) is 12.8 Å². The Morgan fingerprint density at radius 3 is 1.61 bits per heavy atom. The first kappa shape index (κ1) is 19.8. The molecule has 1 aliphatic heterocycles. The van der Waals surface area contributed by atoms with Crippen molar-refractivity contribution in [1.82, 2.24) is 9.80 Å². The van der Waals surface area contributed by atoms with Gasteiger partial charge in [-0.1, -0.05) is 0 Å². The topological polar surface area (TPSA) is 86.8 Å². The van der Waals surface area contributed by atoms with Crippen LogP contribution in [-0.2, 0) is 10.0 Å². The minimum absolute atomic E-state index is 0.181. The van der Waals surface area contributed by atoms with E-state index in [-0.39, 0.29) is 11.8 Å². The van der Waals surface area contributed by atoms with Gasteiger partial charge in [-0.15, -0.1) is 0 Å². The van der Waals surface area contributed by atoms with Crippen molar-refractivity contribution in [3.63, 3.8) is 0 Å². The third kappa shape index (κ3) is 4.86.